The van der Waals surface area contributed by atoms with E-state index in [-0.39, 0.29) is 11.0 Å². The smallest absolute Gasteiger partial charge is 0.258 e. The highest BCUT2D eigenvalue weighted by Crippen LogP contribution is 2.40. The fraction of sp³-hybridized carbons (Fsp3) is 0.500. The van der Waals surface area contributed by atoms with Gasteiger partial charge in [0.1, 0.15) is 0 Å². The lowest BCUT2D eigenvalue weighted by Gasteiger charge is -2.20. The molecule has 0 saturated heterocycles. The number of aryl methyl sites for hydroxylation is 1. The molecule has 0 unspecified atom stereocenters. The van der Waals surface area contributed by atoms with Crippen molar-refractivity contribution in [2.45, 2.75) is 44.9 Å². The van der Waals surface area contributed by atoms with Crippen LogP contribution in [0.2, 0.25) is 0 Å². The second kappa shape index (κ2) is 4.33. The summed E-state index contributed by atoms with van der Waals surface area (Å²) < 4.78 is 3.48. The third kappa shape index (κ3) is 2.30. The zero-order valence-corrected chi connectivity index (χ0v) is 12.6. The van der Waals surface area contributed by atoms with Crippen LogP contribution in [-0.4, -0.2) is 14.3 Å². The predicted octanol–water partition coefficient (Wildman–Crippen LogP) is 2.75. The van der Waals surface area contributed by atoms with Crippen molar-refractivity contribution in [2.24, 2.45) is 7.05 Å². The highest BCUT2D eigenvalue weighted by Gasteiger charge is 2.28. The quantitative estimate of drug-likeness (QED) is 0.842. The van der Waals surface area contributed by atoms with Crippen molar-refractivity contribution in [3.8, 4) is 5.69 Å². The van der Waals surface area contributed by atoms with Gasteiger partial charge >= 0.3 is 0 Å². The SMILES string of the molecule is Cn1cc(-n2cc(C3CC3)cc(C(C)(C)C)c2=O)cn1. The van der Waals surface area contributed by atoms with Gasteiger partial charge in [0.2, 0.25) is 0 Å². The molecule has 0 aliphatic heterocycles. The minimum absolute atomic E-state index is 0.0647. The third-order valence-corrected chi connectivity index (χ3v) is 3.86. The van der Waals surface area contributed by atoms with Crippen molar-refractivity contribution in [1.82, 2.24) is 14.3 Å². The minimum Gasteiger partial charge on any atom is -0.281 e. The Kier molecular flexibility index (Phi) is 2.85. The van der Waals surface area contributed by atoms with Crippen LogP contribution in [0.4, 0.5) is 0 Å². The number of rotatable bonds is 2. The second-order valence-corrected chi connectivity index (χ2v) is 6.76. The summed E-state index contributed by atoms with van der Waals surface area (Å²) in [6, 6.07) is 2.10. The molecule has 106 valence electrons. The van der Waals surface area contributed by atoms with Crippen LogP contribution in [0.1, 0.15) is 50.7 Å². The largest absolute Gasteiger partial charge is 0.281 e. The van der Waals surface area contributed by atoms with E-state index >= 15 is 0 Å². The Balaban J connectivity index is 2.22. The third-order valence-electron chi connectivity index (χ3n) is 3.86. The number of hydrogen-bond acceptors (Lipinski definition) is 2. The van der Waals surface area contributed by atoms with E-state index in [1.807, 2.05) is 19.4 Å². The fourth-order valence-corrected chi connectivity index (χ4v) is 2.50. The monoisotopic (exact) mass is 271 g/mol. The molecular weight excluding hydrogens is 250 g/mol. The number of pyridine rings is 1. The van der Waals surface area contributed by atoms with Gasteiger partial charge in [-0.15, -0.1) is 0 Å². The van der Waals surface area contributed by atoms with Gasteiger partial charge in [0.05, 0.1) is 11.9 Å². The Bertz CT molecular complexity index is 699. The molecule has 1 fully saturated rings. The molecule has 2 aromatic heterocycles. The summed E-state index contributed by atoms with van der Waals surface area (Å²) in [5.74, 6) is 0.625. The molecule has 2 heterocycles. The van der Waals surface area contributed by atoms with Gasteiger partial charge in [-0.25, -0.2) is 0 Å². The van der Waals surface area contributed by atoms with Crippen LogP contribution in [0.5, 0.6) is 0 Å². The molecule has 0 radical (unpaired) electrons. The molecule has 4 heteroatoms. The molecule has 0 N–H and O–H groups in total. The molecule has 0 bridgehead atoms. The van der Waals surface area contributed by atoms with Gasteiger partial charge in [-0.05, 0) is 35.8 Å². The molecular formula is C16H21N3O. The van der Waals surface area contributed by atoms with Crippen molar-refractivity contribution in [1.29, 1.82) is 0 Å². The second-order valence-electron chi connectivity index (χ2n) is 6.76. The van der Waals surface area contributed by atoms with Crippen molar-refractivity contribution in [3.63, 3.8) is 0 Å². The highest BCUT2D eigenvalue weighted by molar-refractivity contribution is 5.36. The van der Waals surface area contributed by atoms with Crippen molar-refractivity contribution < 1.29 is 0 Å². The van der Waals surface area contributed by atoms with Crippen molar-refractivity contribution in [3.05, 3.63) is 46.1 Å². The van der Waals surface area contributed by atoms with Crippen molar-refractivity contribution in [2.75, 3.05) is 0 Å². The lowest BCUT2D eigenvalue weighted by atomic mass is 9.87. The number of nitrogens with zero attached hydrogens (tertiary/aromatic N) is 3. The summed E-state index contributed by atoms with van der Waals surface area (Å²) >= 11 is 0. The van der Waals surface area contributed by atoms with Gasteiger partial charge in [-0.1, -0.05) is 20.8 Å². The van der Waals surface area contributed by atoms with Gasteiger partial charge in [0.25, 0.3) is 5.56 Å². The van der Waals surface area contributed by atoms with Crippen LogP contribution in [0.3, 0.4) is 0 Å². The first-order valence-corrected chi connectivity index (χ1v) is 7.12. The Morgan fingerprint density at radius 2 is 1.95 bits per heavy atom. The Labute approximate surface area is 119 Å². The highest BCUT2D eigenvalue weighted by atomic mass is 16.1. The molecule has 0 amide bonds. The van der Waals surface area contributed by atoms with E-state index in [2.05, 4.69) is 31.9 Å². The molecule has 2 aromatic rings. The van der Waals surface area contributed by atoms with Gasteiger partial charge < -0.3 is 0 Å². The molecule has 1 aliphatic carbocycles. The number of aromatic nitrogens is 3. The molecule has 1 aliphatic rings. The molecule has 0 aromatic carbocycles. The van der Waals surface area contributed by atoms with Crippen LogP contribution in [0, 0.1) is 0 Å². The summed E-state index contributed by atoms with van der Waals surface area (Å²) in [5.41, 5.74) is 2.91. The molecule has 4 nitrogen and oxygen atoms in total. The zero-order chi connectivity index (χ0) is 14.5. The van der Waals surface area contributed by atoms with Gasteiger partial charge in [-0.2, -0.15) is 5.10 Å². The van der Waals surface area contributed by atoms with E-state index in [9.17, 15) is 4.79 Å². The maximum absolute atomic E-state index is 12.7. The van der Waals surface area contributed by atoms with Crippen LogP contribution < -0.4 is 5.56 Å². The average molecular weight is 271 g/mol. The Hall–Kier alpha value is -1.84. The molecule has 20 heavy (non-hydrogen) atoms. The summed E-state index contributed by atoms with van der Waals surface area (Å²) in [7, 11) is 1.87. The molecule has 0 atom stereocenters. The molecule has 0 spiro atoms. The van der Waals surface area contributed by atoms with E-state index in [0.717, 1.165) is 11.3 Å². The minimum atomic E-state index is -0.147. The van der Waals surface area contributed by atoms with Gasteiger partial charge in [-0.3, -0.25) is 14.0 Å². The number of hydrogen-bond donors (Lipinski definition) is 0. The fourth-order valence-electron chi connectivity index (χ4n) is 2.50. The van der Waals surface area contributed by atoms with Crippen LogP contribution in [-0.2, 0) is 12.5 Å². The molecule has 3 rings (SSSR count). The summed E-state index contributed by atoms with van der Waals surface area (Å²) in [5, 5.41) is 4.17. The van der Waals surface area contributed by atoms with E-state index in [0.29, 0.717) is 5.92 Å². The predicted molar refractivity (Wildman–Crippen MR) is 79.5 cm³/mol. The standard InChI is InChI=1S/C16H21N3O/c1-16(2,3)14-7-12(11-5-6-11)9-19(15(14)20)13-8-17-18(4)10-13/h7-11H,5-6H2,1-4H3. The first kappa shape index (κ1) is 13.2. The average Bonchev–Trinajstić information content (AvgIpc) is 3.11. The van der Waals surface area contributed by atoms with E-state index in [1.165, 1.54) is 18.4 Å². The van der Waals surface area contributed by atoms with E-state index in [1.54, 1.807) is 15.4 Å². The van der Waals surface area contributed by atoms with Crippen molar-refractivity contribution >= 4 is 0 Å². The Morgan fingerprint density at radius 3 is 2.45 bits per heavy atom. The first-order valence-electron chi connectivity index (χ1n) is 7.12. The summed E-state index contributed by atoms with van der Waals surface area (Å²) in [4.78, 5) is 12.7. The Morgan fingerprint density at radius 1 is 1.25 bits per heavy atom. The maximum Gasteiger partial charge on any atom is 0.258 e. The van der Waals surface area contributed by atoms with Gasteiger partial charge in [0.15, 0.2) is 0 Å². The van der Waals surface area contributed by atoms with Crippen LogP contribution in [0.15, 0.2) is 29.5 Å². The lowest BCUT2D eigenvalue weighted by Crippen LogP contribution is -2.29. The van der Waals surface area contributed by atoms with E-state index < -0.39 is 0 Å². The first-order chi connectivity index (χ1) is 9.36. The van der Waals surface area contributed by atoms with Crippen LogP contribution >= 0.6 is 0 Å². The zero-order valence-electron chi connectivity index (χ0n) is 12.6. The van der Waals surface area contributed by atoms with Crippen LogP contribution in [0.25, 0.3) is 5.69 Å². The summed E-state index contributed by atoms with van der Waals surface area (Å²) in [6.07, 6.45) is 8.07. The van der Waals surface area contributed by atoms with Gasteiger partial charge in [0, 0.05) is 25.0 Å². The molecule has 1 saturated carbocycles. The topological polar surface area (TPSA) is 39.8 Å². The normalized spacial score (nSPS) is 15.6. The van der Waals surface area contributed by atoms with E-state index in [4.69, 9.17) is 0 Å². The maximum atomic E-state index is 12.7. The lowest BCUT2D eigenvalue weighted by molar-refractivity contribution is 0.576. The summed E-state index contributed by atoms with van der Waals surface area (Å²) in [6.45, 7) is 6.27.